The Morgan fingerprint density at radius 1 is 0.727 bits per heavy atom. The SMILES string of the molecule is CC(C)=CCC/C(C)=C/CC/C(=C\CC/C(C)=C/CO)CO.O=S(=O)([O-])OS(=O)(=O)[O-].[Na+].[Na+]. The van der Waals surface area contributed by atoms with Crippen LogP contribution >= 0.6 is 0 Å². The molecule has 0 bridgehead atoms. The second-order valence-electron chi connectivity index (χ2n) is 7.09. The summed E-state index contributed by atoms with van der Waals surface area (Å²) in [6, 6.07) is 0. The number of aliphatic hydroxyl groups excluding tert-OH is 2. The van der Waals surface area contributed by atoms with Crippen LogP contribution in [0.2, 0.25) is 0 Å². The largest absolute Gasteiger partial charge is 1.00 e. The summed E-state index contributed by atoms with van der Waals surface area (Å²) < 4.78 is 58.2. The molecule has 0 aromatic carbocycles. The molecule has 0 heterocycles. The van der Waals surface area contributed by atoms with Gasteiger partial charge in [-0.05, 0) is 71.8 Å². The molecule has 0 aliphatic carbocycles. The van der Waals surface area contributed by atoms with Crippen molar-refractivity contribution in [1.29, 1.82) is 0 Å². The summed E-state index contributed by atoms with van der Waals surface area (Å²) in [4.78, 5) is 0. The van der Waals surface area contributed by atoms with Crippen molar-refractivity contribution in [2.45, 2.75) is 66.2 Å². The quantitative estimate of drug-likeness (QED) is 0.110. The maximum atomic E-state index is 9.41. The van der Waals surface area contributed by atoms with E-state index in [1.54, 1.807) is 0 Å². The van der Waals surface area contributed by atoms with Crippen molar-refractivity contribution in [3.63, 3.8) is 0 Å². The molecule has 0 unspecified atom stereocenters. The first kappa shape index (κ1) is 40.8. The number of rotatable bonds is 13. The normalized spacial score (nSPS) is 12.7. The van der Waals surface area contributed by atoms with Crippen LogP contribution in [-0.2, 0) is 24.4 Å². The summed E-state index contributed by atoms with van der Waals surface area (Å²) in [7, 11) is -10.9. The monoisotopic (exact) mass is 528 g/mol. The van der Waals surface area contributed by atoms with Crippen molar-refractivity contribution in [2.75, 3.05) is 13.2 Å². The van der Waals surface area contributed by atoms with Gasteiger partial charge in [-0.1, -0.05) is 41.0 Å². The molecule has 0 aromatic heterocycles. The Labute approximate surface area is 243 Å². The molecule has 0 fully saturated rings. The molecule has 2 N–H and O–H groups in total. The van der Waals surface area contributed by atoms with E-state index in [9.17, 15) is 31.0 Å². The van der Waals surface area contributed by atoms with Gasteiger partial charge in [0.05, 0.1) is 13.2 Å². The van der Waals surface area contributed by atoms with Gasteiger partial charge in [0.15, 0.2) is 0 Å². The molecule has 0 amide bonds. The average Bonchev–Trinajstić information content (AvgIpc) is 2.57. The Morgan fingerprint density at radius 2 is 1.15 bits per heavy atom. The molecule has 0 saturated heterocycles. The molecule has 0 atom stereocenters. The molecule has 0 radical (unpaired) electrons. The van der Waals surface area contributed by atoms with Gasteiger partial charge in [-0.15, -0.1) is 0 Å². The zero-order chi connectivity index (χ0) is 24.5. The summed E-state index contributed by atoms with van der Waals surface area (Å²) >= 11 is 0. The van der Waals surface area contributed by atoms with E-state index in [0.29, 0.717) is 0 Å². The molecular weight excluding hydrogens is 494 g/mol. The van der Waals surface area contributed by atoms with Gasteiger partial charge in [-0.3, -0.25) is 0 Å². The third-order valence-electron chi connectivity index (χ3n) is 3.83. The van der Waals surface area contributed by atoms with Crippen molar-refractivity contribution >= 4 is 20.8 Å². The fourth-order valence-corrected chi connectivity index (χ4v) is 3.12. The number of aliphatic hydroxyl groups is 2. The van der Waals surface area contributed by atoms with E-state index in [0.717, 1.165) is 44.1 Å². The molecule has 33 heavy (non-hydrogen) atoms. The van der Waals surface area contributed by atoms with Gasteiger partial charge in [0, 0.05) is 0 Å². The van der Waals surface area contributed by atoms with Gasteiger partial charge >= 0.3 is 59.1 Å². The second-order valence-corrected chi connectivity index (χ2v) is 9.26. The van der Waals surface area contributed by atoms with Gasteiger partial charge in [0.1, 0.15) is 0 Å². The molecular formula is C20H34Na2O9S2. The van der Waals surface area contributed by atoms with Crippen LogP contribution < -0.4 is 59.1 Å². The molecule has 13 heteroatoms. The Kier molecular flexibility index (Phi) is 28.5. The van der Waals surface area contributed by atoms with Crippen molar-refractivity contribution < 1.29 is 98.9 Å². The standard InChI is InChI=1S/C20H34O2.2Na.H2O7S2/c1-17(2)8-5-9-18(3)10-6-12-20(16-22)13-7-11-19(4)14-15-21;;;1-8(2,3)7-9(4,5)6/h8,10,13-14,21-22H,5-7,9,11-12,15-16H2,1-4H3;;;(H,1,2,3)(H,4,5,6)/q;2*+1;/p-2/b18-10+,19-14+,20-13+;;;. The summed E-state index contributed by atoms with van der Waals surface area (Å²) in [5, 5.41) is 18.2. The number of hydrogen-bond donors (Lipinski definition) is 2. The maximum absolute atomic E-state index is 9.41. The van der Waals surface area contributed by atoms with Crippen LogP contribution in [0.15, 0.2) is 46.6 Å². The Bertz CT molecular complexity index is 811. The van der Waals surface area contributed by atoms with E-state index in [-0.39, 0.29) is 72.3 Å². The van der Waals surface area contributed by atoms with Crippen molar-refractivity contribution in [1.82, 2.24) is 0 Å². The van der Waals surface area contributed by atoms with Crippen LogP contribution in [0.4, 0.5) is 0 Å². The van der Waals surface area contributed by atoms with E-state index >= 15 is 0 Å². The first-order valence-electron chi connectivity index (χ1n) is 9.67. The molecule has 0 aromatic rings. The molecule has 0 aliphatic rings. The third-order valence-corrected chi connectivity index (χ3v) is 5.16. The minimum absolute atomic E-state index is 0. The Balaban J connectivity index is -0.000000325. The predicted molar refractivity (Wildman–Crippen MR) is 117 cm³/mol. The van der Waals surface area contributed by atoms with Crippen molar-refractivity contribution in [3.8, 4) is 0 Å². The fraction of sp³-hybridized carbons (Fsp3) is 0.600. The van der Waals surface area contributed by atoms with Crippen LogP contribution in [0.1, 0.15) is 66.2 Å². The van der Waals surface area contributed by atoms with E-state index in [1.165, 1.54) is 16.7 Å². The fourth-order valence-electron chi connectivity index (χ4n) is 2.30. The van der Waals surface area contributed by atoms with Gasteiger partial charge in [0.2, 0.25) is 20.8 Å². The van der Waals surface area contributed by atoms with E-state index in [2.05, 4.69) is 42.6 Å². The predicted octanol–water partition coefficient (Wildman–Crippen LogP) is -2.97. The maximum Gasteiger partial charge on any atom is 1.00 e. The minimum Gasteiger partial charge on any atom is -0.725 e. The van der Waals surface area contributed by atoms with Crippen LogP contribution in [0.5, 0.6) is 0 Å². The van der Waals surface area contributed by atoms with Crippen LogP contribution in [-0.4, -0.2) is 49.4 Å². The first-order chi connectivity index (χ1) is 14.2. The Hall–Kier alpha value is 0.660. The molecule has 0 rings (SSSR count). The smallest absolute Gasteiger partial charge is 0.725 e. The average molecular weight is 529 g/mol. The second kappa shape index (κ2) is 23.1. The Morgan fingerprint density at radius 3 is 1.52 bits per heavy atom. The van der Waals surface area contributed by atoms with Gasteiger partial charge in [0.25, 0.3) is 0 Å². The molecule has 0 saturated carbocycles. The van der Waals surface area contributed by atoms with Gasteiger partial charge in [-0.2, -0.15) is 3.63 Å². The number of allylic oxidation sites excluding steroid dienone is 6. The summed E-state index contributed by atoms with van der Waals surface area (Å²) in [6.07, 6.45) is 14.6. The summed E-state index contributed by atoms with van der Waals surface area (Å²) in [6.45, 7) is 8.74. The molecule has 182 valence electrons. The van der Waals surface area contributed by atoms with Gasteiger partial charge in [-0.25, -0.2) is 16.8 Å². The first-order valence-corrected chi connectivity index (χ1v) is 12.3. The number of hydrogen-bond acceptors (Lipinski definition) is 9. The molecule has 9 nitrogen and oxygen atoms in total. The van der Waals surface area contributed by atoms with Crippen molar-refractivity contribution in [3.05, 3.63) is 46.6 Å². The zero-order valence-corrected chi connectivity index (χ0v) is 26.2. The zero-order valence-electron chi connectivity index (χ0n) is 20.5. The molecule has 0 spiro atoms. The summed E-state index contributed by atoms with van der Waals surface area (Å²) in [5.41, 5.74) is 5.12. The minimum atomic E-state index is -5.43. The van der Waals surface area contributed by atoms with Crippen molar-refractivity contribution in [2.24, 2.45) is 0 Å². The van der Waals surface area contributed by atoms with Crippen LogP contribution in [0, 0.1) is 0 Å². The van der Waals surface area contributed by atoms with Gasteiger partial charge < -0.3 is 19.3 Å². The topological polar surface area (TPSA) is 164 Å². The van der Waals surface area contributed by atoms with E-state index in [1.807, 2.05) is 13.0 Å². The van der Waals surface area contributed by atoms with Crippen LogP contribution in [0.3, 0.4) is 0 Å². The van der Waals surface area contributed by atoms with E-state index in [4.69, 9.17) is 5.11 Å². The summed E-state index contributed by atoms with van der Waals surface area (Å²) in [5.74, 6) is 0. The molecule has 0 aliphatic heterocycles. The third kappa shape index (κ3) is 34.9. The van der Waals surface area contributed by atoms with E-state index < -0.39 is 20.8 Å². The van der Waals surface area contributed by atoms with Crippen LogP contribution in [0.25, 0.3) is 0 Å².